The number of carboxylic acid groups (broad SMARTS) is 1. The monoisotopic (exact) mass is 964 g/mol. The molecule has 0 radical (unpaired) electrons. The summed E-state index contributed by atoms with van der Waals surface area (Å²) >= 11 is 0. The lowest BCUT2D eigenvalue weighted by Crippen LogP contribution is -2.60. The molecule has 1 unspecified atom stereocenters. The molecule has 5 N–H and O–H groups in total. The zero-order valence-corrected chi connectivity index (χ0v) is 42.8. The number of methoxy groups -OCH3 is 1. The average Bonchev–Trinajstić information content (AvgIpc) is 3.61. The zero-order chi connectivity index (χ0) is 51.8. The molecular formula is C54H73N7O9. The molecule has 1 saturated heterocycles. The lowest BCUT2D eigenvalue weighted by molar-refractivity contribution is -0.131. The van der Waals surface area contributed by atoms with Crippen LogP contribution in [-0.4, -0.2) is 111 Å². The normalized spacial score (nSPS) is 16.0. The van der Waals surface area contributed by atoms with E-state index >= 15 is 4.79 Å². The summed E-state index contributed by atoms with van der Waals surface area (Å²) in [5.41, 5.74) is 0.906. The van der Waals surface area contributed by atoms with Gasteiger partial charge in [-0.1, -0.05) is 129 Å². The van der Waals surface area contributed by atoms with Crippen LogP contribution in [0.3, 0.4) is 0 Å². The predicted octanol–water partition coefficient (Wildman–Crippen LogP) is 8.29. The smallest absolute Gasteiger partial charge is 0.453 e. The minimum atomic E-state index is -1.59. The average molecular weight is 964 g/mol. The highest BCUT2D eigenvalue weighted by molar-refractivity contribution is 5.89. The second-order valence-corrected chi connectivity index (χ2v) is 21.9. The molecule has 16 nitrogen and oxygen atoms in total. The Kier molecular flexibility index (Phi) is 17.5. The first-order valence-electron chi connectivity index (χ1n) is 23.8. The molecule has 0 saturated carbocycles. The number of carbonyl (C=O) groups excluding carboxylic acids is 4. The third-order valence-electron chi connectivity index (χ3n) is 12.6. The summed E-state index contributed by atoms with van der Waals surface area (Å²) in [5, 5.41) is 30.2. The Morgan fingerprint density at radius 2 is 1.37 bits per heavy atom. The maximum atomic E-state index is 15.1. The molecule has 378 valence electrons. The number of urea groups is 1. The van der Waals surface area contributed by atoms with Crippen molar-refractivity contribution in [1.82, 2.24) is 35.7 Å². The molecule has 70 heavy (non-hydrogen) atoms. The molecule has 16 heteroatoms. The van der Waals surface area contributed by atoms with Crippen molar-refractivity contribution in [3.05, 3.63) is 120 Å². The molecule has 1 aliphatic rings. The number of carbonyl (C=O) groups is 5. The van der Waals surface area contributed by atoms with Gasteiger partial charge in [0, 0.05) is 43.2 Å². The predicted molar refractivity (Wildman–Crippen MR) is 267 cm³/mol. The highest BCUT2D eigenvalue weighted by atomic mass is 16.7. The first-order chi connectivity index (χ1) is 32.7. The standard InChI is InChI=1S/C54H73N7O9/c1-51(2,3)43(36-26-24-35(25-27-36)38-22-16-17-28-55-38)40(58-46(62)44(52(4,5)6)59-48(64)69-12)32-41(70-50(66)67)39(31-34-19-14-13-15-20-34)57-47(63)45(53(7,8)9)61-30-29-60(49(61)65)33-37-21-18-23-42(56-37)54(10,11)68/h13-28,39-41,43-45,68H,29-33H2,1-12H3,(H,57,63)(H,58,62)(H,59,64)(H,66,67)/t39-,40+,41-,43?,44+,45+/m0/s1. The van der Waals surface area contributed by atoms with Crippen molar-refractivity contribution in [2.24, 2.45) is 16.2 Å². The van der Waals surface area contributed by atoms with E-state index < -0.39 is 82.1 Å². The van der Waals surface area contributed by atoms with Gasteiger partial charge in [-0.05, 0) is 71.9 Å². The van der Waals surface area contributed by atoms with Gasteiger partial charge in [0.15, 0.2) is 0 Å². The van der Waals surface area contributed by atoms with Gasteiger partial charge in [-0.2, -0.15) is 0 Å². The molecule has 4 aromatic rings. The number of benzene rings is 2. The van der Waals surface area contributed by atoms with Crippen LogP contribution in [0.1, 0.15) is 111 Å². The SMILES string of the molecule is COC(=O)N[C@H](C(=O)N[C@H](C[C@H](OC(=O)O)[C@H](Cc1ccccc1)NC(=O)[C@@H](N1CCN(Cc2cccc(C(C)(C)O)n2)C1=O)C(C)(C)C)C(c1ccc(-c2ccccn2)cc1)C(C)(C)C)C(C)(C)C. The second-order valence-electron chi connectivity index (χ2n) is 21.9. The minimum Gasteiger partial charge on any atom is -0.453 e. The second kappa shape index (κ2) is 22.5. The summed E-state index contributed by atoms with van der Waals surface area (Å²) in [4.78, 5) is 82.0. The fraction of sp³-hybridized carbons (Fsp3) is 0.500. The van der Waals surface area contributed by atoms with Gasteiger partial charge in [0.2, 0.25) is 11.8 Å². The number of hydrogen-bond donors (Lipinski definition) is 5. The molecule has 2 aromatic heterocycles. The van der Waals surface area contributed by atoms with Crippen molar-refractivity contribution in [1.29, 1.82) is 0 Å². The van der Waals surface area contributed by atoms with E-state index in [2.05, 4.69) is 25.9 Å². The Morgan fingerprint density at radius 1 is 0.729 bits per heavy atom. The van der Waals surface area contributed by atoms with Crippen LogP contribution < -0.4 is 16.0 Å². The fourth-order valence-electron chi connectivity index (χ4n) is 9.30. The number of nitrogens with one attached hydrogen (secondary N) is 3. The number of amides is 5. The zero-order valence-electron chi connectivity index (χ0n) is 42.8. The molecule has 5 rings (SSSR count). The lowest BCUT2D eigenvalue weighted by Gasteiger charge is -2.42. The Bertz CT molecular complexity index is 2410. The van der Waals surface area contributed by atoms with Crippen LogP contribution in [0.4, 0.5) is 14.4 Å². The van der Waals surface area contributed by atoms with Crippen LogP contribution in [0, 0.1) is 16.2 Å². The summed E-state index contributed by atoms with van der Waals surface area (Å²) < 4.78 is 10.8. The van der Waals surface area contributed by atoms with E-state index in [1.165, 1.54) is 12.0 Å². The van der Waals surface area contributed by atoms with Crippen molar-refractivity contribution in [2.75, 3.05) is 20.2 Å². The third-order valence-corrected chi connectivity index (χ3v) is 12.6. The van der Waals surface area contributed by atoms with Crippen LogP contribution in [-0.2, 0) is 37.6 Å². The van der Waals surface area contributed by atoms with Crippen LogP contribution in [0.2, 0.25) is 0 Å². The molecule has 0 spiro atoms. The molecule has 5 amide bonds. The molecule has 1 fully saturated rings. The highest BCUT2D eigenvalue weighted by Crippen LogP contribution is 2.41. The van der Waals surface area contributed by atoms with E-state index in [1.54, 1.807) is 43.1 Å². The summed E-state index contributed by atoms with van der Waals surface area (Å²) in [6, 6.07) is 23.7. The van der Waals surface area contributed by atoms with Gasteiger partial charge in [-0.15, -0.1) is 0 Å². The van der Waals surface area contributed by atoms with Gasteiger partial charge in [0.25, 0.3) is 0 Å². The number of aromatic nitrogens is 2. The summed E-state index contributed by atoms with van der Waals surface area (Å²) in [5.74, 6) is -1.56. The van der Waals surface area contributed by atoms with Crippen LogP contribution in [0.5, 0.6) is 0 Å². The summed E-state index contributed by atoms with van der Waals surface area (Å²) in [6.07, 6.45) is -1.94. The van der Waals surface area contributed by atoms with E-state index in [9.17, 15) is 29.4 Å². The number of alkyl carbamates (subject to hydrolysis) is 1. The molecule has 1 aliphatic heterocycles. The van der Waals surface area contributed by atoms with Gasteiger partial charge < -0.3 is 45.4 Å². The molecule has 0 aliphatic carbocycles. The van der Waals surface area contributed by atoms with Gasteiger partial charge >= 0.3 is 18.3 Å². The van der Waals surface area contributed by atoms with E-state index in [1.807, 2.05) is 135 Å². The van der Waals surface area contributed by atoms with Gasteiger partial charge in [0.05, 0.1) is 36.8 Å². The topological polar surface area (TPSA) is 213 Å². The van der Waals surface area contributed by atoms with Crippen molar-refractivity contribution in [2.45, 2.75) is 137 Å². The van der Waals surface area contributed by atoms with Crippen LogP contribution in [0.25, 0.3) is 11.3 Å². The molecule has 6 atom stereocenters. The van der Waals surface area contributed by atoms with E-state index in [0.717, 1.165) is 22.4 Å². The van der Waals surface area contributed by atoms with Crippen LogP contribution >= 0.6 is 0 Å². The van der Waals surface area contributed by atoms with Crippen molar-refractivity contribution in [3.8, 4) is 11.3 Å². The van der Waals surface area contributed by atoms with Gasteiger partial charge in [-0.25, -0.2) is 14.4 Å². The Labute approximate surface area is 413 Å². The van der Waals surface area contributed by atoms with Crippen molar-refractivity contribution >= 4 is 30.1 Å². The highest BCUT2D eigenvalue weighted by Gasteiger charge is 2.46. The number of ether oxygens (including phenoxy) is 2. The minimum absolute atomic E-state index is 0.123. The van der Waals surface area contributed by atoms with Gasteiger partial charge in [-0.3, -0.25) is 19.6 Å². The summed E-state index contributed by atoms with van der Waals surface area (Å²) in [7, 11) is 1.21. The Morgan fingerprint density at radius 3 is 1.93 bits per heavy atom. The molecule has 3 heterocycles. The molecule has 0 bridgehead atoms. The van der Waals surface area contributed by atoms with Crippen molar-refractivity contribution < 1.29 is 43.7 Å². The van der Waals surface area contributed by atoms with Crippen LogP contribution in [0.15, 0.2) is 97.2 Å². The third kappa shape index (κ3) is 14.5. The van der Waals surface area contributed by atoms with E-state index in [4.69, 9.17) is 9.47 Å². The Balaban J connectivity index is 1.58. The maximum Gasteiger partial charge on any atom is 0.506 e. The largest absolute Gasteiger partial charge is 0.506 e. The first-order valence-corrected chi connectivity index (χ1v) is 23.8. The van der Waals surface area contributed by atoms with E-state index in [-0.39, 0.29) is 32.0 Å². The summed E-state index contributed by atoms with van der Waals surface area (Å²) in [6.45, 7) is 21.1. The quantitative estimate of drug-likeness (QED) is 0.0599. The number of rotatable bonds is 18. The Hall–Kier alpha value is -6.55. The maximum absolute atomic E-state index is 15.1. The molecular weight excluding hydrogens is 891 g/mol. The van der Waals surface area contributed by atoms with E-state index in [0.29, 0.717) is 17.9 Å². The molecule has 2 aromatic carbocycles. The lowest BCUT2D eigenvalue weighted by atomic mass is 9.70. The fourth-order valence-corrected chi connectivity index (χ4v) is 9.30. The first kappa shape index (κ1) is 54.4. The van der Waals surface area contributed by atoms with Gasteiger partial charge in [0.1, 0.15) is 23.8 Å². The number of hydrogen-bond acceptors (Lipinski definition) is 10. The number of nitrogens with zero attached hydrogens (tertiary/aromatic N) is 4. The van der Waals surface area contributed by atoms with Crippen molar-refractivity contribution in [3.63, 3.8) is 0 Å². The number of pyridine rings is 2. The number of aliphatic hydroxyl groups is 1.